The number of carbonyl (C=O) groups is 2. The van der Waals surface area contributed by atoms with Gasteiger partial charge in [-0.2, -0.15) is 0 Å². The van der Waals surface area contributed by atoms with E-state index in [2.05, 4.69) is 31.5 Å². The summed E-state index contributed by atoms with van der Waals surface area (Å²) >= 11 is 3.25. The molecule has 156 valence electrons. The van der Waals surface area contributed by atoms with Crippen LogP contribution in [0.1, 0.15) is 32.2 Å². The molecule has 0 bridgehead atoms. The second-order valence-corrected chi connectivity index (χ2v) is 8.97. The molecule has 0 radical (unpaired) electrons. The minimum Gasteiger partial charge on any atom is -0.466 e. The van der Waals surface area contributed by atoms with E-state index in [1.165, 1.54) is 36.4 Å². The van der Waals surface area contributed by atoms with Crippen LogP contribution in [-0.4, -0.2) is 20.2 Å². The SMILES string of the molecule is Cc1cc(C(=O)NNC(=O)c2cccc(NS(=O)(=O)c3ccc(Br)cc3)c2)c(C)o1. The first-order valence-corrected chi connectivity index (χ1v) is 11.0. The van der Waals surface area contributed by atoms with Gasteiger partial charge in [-0.15, -0.1) is 0 Å². The van der Waals surface area contributed by atoms with E-state index in [4.69, 9.17) is 4.42 Å². The van der Waals surface area contributed by atoms with Gasteiger partial charge < -0.3 is 4.42 Å². The van der Waals surface area contributed by atoms with Crippen molar-refractivity contribution in [3.05, 3.63) is 81.7 Å². The lowest BCUT2D eigenvalue weighted by Crippen LogP contribution is -2.41. The minimum absolute atomic E-state index is 0.0820. The fourth-order valence-corrected chi connectivity index (χ4v) is 3.97. The van der Waals surface area contributed by atoms with Crippen molar-refractivity contribution in [3.63, 3.8) is 0 Å². The number of benzene rings is 2. The van der Waals surface area contributed by atoms with Crippen molar-refractivity contribution < 1.29 is 22.4 Å². The molecule has 30 heavy (non-hydrogen) atoms. The van der Waals surface area contributed by atoms with Crippen LogP contribution in [0.15, 0.2) is 68.4 Å². The number of nitrogens with one attached hydrogen (secondary N) is 3. The first kappa shape index (κ1) is 21.6. The molecule has 0 atom stereocenters. The van der Waals surface area contributed by atoms with Crippen molar-refractivity contribution >= 4 is 43.5 Å². The highest BCUT2D eigenvalue weighted by Gasteiger charge is 2.17. The van der Waals surface area contributed by atoms with E-state index < -0.39 is 21.8 Å². The molecule has 3 rings (SSSR count). The molecule has 0 aliphatic carbocycles. The molecule has 3 aromatic rings. The highest BCUT2D eigenvalue weighted by molar-refractivity contribution is 9.10. The summed E-state index contributed by atoms with van der Waals surface area (Å²) in [6.45, 7) is 3.36. The Morgan fingerprint density at radius 1 is 0.933 bits per heavy atom. The second-order valence-electron chi connectivity index (χ2n) is 6.38. The highest BCUT2D eigenvalue weighted by Crippen LogP contribution is 2.19. The fourth-order valence-electron chi connectivity index (χ4n) is 2.66. The summed E-state index contributed by atoms with van der Waals surface area (Å²) in [4.78, 5) is 24.6. The van der Waals surface area contributed by atoms with Crippen LogP contribution in [0.2, 0.25) is 0 Å². The zero-order valence-electron chi connectivity index (χ0n) is 16.0. The summed E-state index contributed by atoms with van der Waals surface area (Å²) in [5, 5.41) is 0. The first-order valence-electron chi connectivity index (χ1n) is 8.72. The van der Waals surface area contributed by atoms with Crippen LogP contribution >= 0.6 is 15.9 Å². The van der Waals surface area contributed by atoms with E-state index in [1.807, 2.05) is 0 Å². The maximum atomic E-state index is 12.5. The summed E-state index contributed by atoms with van der Waals surface area (Å²) in [5.74, 6) is -0.117. The lowest BCUT2D eigenvalue weighted by atomic mass is 10.2. The maximum absolute atomic E-state index is 12.5. The van der Waals surface area contributed by atoms with E-state index in [9.17, 15) is 18.0 Å². The number of hydrogen-bond donors (Lipinski definition) is 3. The molecule has 0 aliphatic rings. The van der Waals surface area contributed by atoms with E-state index in [0.29, 0.717) is 17.1 Å². The van der Waals surface area contributed by atoms with Crippen molar-refractivity contribution in [1.29, 1.82) is 0 Å². The van der Waals surface area contributed by atoms with Crippen molar-refractivity contribution in [2.45, 2.75) is 18.7 Å². The fraction of sp³-hybridized carbons (Fsp3) is 0.100. The molecule has 1 aromatic heterocycles. The third-order valence-electron chi connectivity index (χ3n) is 4.08. The molecule has 0 spiro atoms. The van der Waals surface area contributed by atoms with Crippen molar-refractivity contribution in [1.82, 2.24) is 10.9 Å². The minimum atomic E-state index is -3.82. The van der Waals surface area contributed by atoms with Gasteiger partial charge in [0.25, 0.3) is 21.8 Å². The zero-order valence-corrected chi connectivity index (χ0v) is 18.4. The van der Waals surface area contributed by atoms with Gasteiger partial charge in [0.05, 0.1) is 10.5 Å². The Hall–Kier alpha value is -3.11. The number of hydrogen-bond acceptors (Lipinski definition) is 5. The quantitative estimate of drug-likeness (QED) is 0.471. The van der Waals surface area contributed by atoms with Crippen molar-refractivity contribution in [2.75, 3.05) is 4.72 Å². The van der Waals surface area contributed by atoms with Crippen LogP contribution in [0.4, 0.5) is 5.69 Å². The molecule has 0 saturated carbocycles. The predicted octanol–water partition coefficient (Wildman–Crippen LogP) is 3.53. The lowest BCUT2D eigenvalue weighted by Gasteiger charge is -2.10. The predicted molar refractivity (Wildman–Crippen MR) is 115 cm³/mol. The molecule has 8 nitrogen and oxygen atoms in total. The van der Waals surface area contributed by atoms with Crippen molar-refractivity contribution in [3.8, 4) is 0 Å². The standard InChI is InChI=1S/C20H18BrN3O5S/c1-12-10-18(13(2)29-12)20(26)23-22-19(25)14-4-3-5-16(11-14)24-30(27,28)17-8-6-15(21)7-9-17/h3-11,24H,1-2H3,(H,22,25)(H,23,26). The Bertz CT molecular complexity index is 1200. The number of amides is 2. The second kappa shape index (κ2) is 8.72. The molecule has 1 heterocycles. The van der Waals surface area contributed by atoms with Gasteiger partial charge in [-0.3, -0.25) is 25.2 Å². The molecule has 0 fully saturated rings. The van der Waals surface area contributed by atoms with Gasteiger partial charge in [0.15, 0.2) is 0 Å². The number of furan rings is 1. The molecule has 2 aromatic carbocycles. The zero-order chi connectivity index (χ0) is 21.9. The van der Waals surface area contributed by atoms with E-state index in [-0.39, 0.29) is 16.1 Å². The van der Waals surface area contributed by atoms with Gasteiger partial charge in [0.1, 0.15) is 11.5 Å². The maximum Gasteiger partial charge on any atom is 0.273 e. The molecule has 2 amide bonds. The van der Waals surface area contributed by atoms with E-state index >= 15 is 0 Å². The number of rotatable bonds is 5. The van der Waals surface area contributed by atoms with Gasteiger partial charge >= 0.3 is 0 Å². The van der Waals surface area contributed by atoms with Gasteiger partial charge in [-0.05, 0) is 62.4 Å². The Labute approximate surface area is 181 Å². The molecule has 3 N–H and O–H groups in total. The number of carbonyl (C=O) groups excluding carboxylic acids is 2. The van der Waals surface area contributed by atoms with Crippen LogP contribution in [0.25, 0.3) is 0 Å². The number of aryl methyl sites for hydroxylation is 2. The Kier molecular flexibility index (Phi) is 6.28. The number of anilines is 1. The average Bonchev–Trinajstić information content (AvgIpc) is 3.04. The summed E-state index contributed by atoms with van der Waals surface area (Å²) in [6, 6.07) is 13.6. The number of halogens is 1. The van der Waals surface area contributed by atoms with Crippen LogP contribution in [-0.2, 0) is 10.0 Å². The summed E-state index contributed by atoms with van der Waals surface area (Å²) in [6.07, 6.45) is 0. The van der Waals surface area contributed by atoms with E-state index in [0.717, 1.165) is 4.47 Å². The lowest BCUT2D eigenvalue weighted by molar-refractivity contribution is 0.0845. The summed E-state index contributed by atoms with van der Waals surface area (Å²) in [7, 11) is -3.82. The topological polar surface area (TPSA) is 118 Å². The largest absolute Gasteiger partial charge is 0.466 e. The summed E-state index contributed by atoms with van der Waals surface area (Å²) < 4.78 is 33.5. The Morgan fingerprint density at radius 2 is 1.60 bits per heavy atom. The van der Waals surface area contributed by atoms with Gasteiger partial charge in [0, 0.05) is 15.7 Å². The number of sulfonamides is 1. The molecule has 0 saturated heterocycles. The molecular formula is C20H18BrN3O5S. The van der Waals surface area contributed by atoms with Gasteiger partial charge in [-0.25, -0.2) is 8.42 Å². The van der Waals surface area contributed by atoms with Crippen LogP contribution in [0, 0.1) is 13.8 Å². The van der Waals surface area contributed by atoms with Crippen molar-refractivity contribution in [2.24, 2.45) is 0 Å². The highest BCUT2D eigenvalue weighted by atomic mass is 79.9. The molecular weight excluding hydrogens is 474 g/mol. The average molecular weight is 492 g/mol. The van der Waals surface area contributed by atoms with E-state index in [1.54, 1.807) is 32.0 Å². The van der Waals surface area contributed by atoms with Gasteiger partial charge in [-0.1, -0.05) is 22.0 Å². The Morgan fingerprint density at radius 3 is 2.23 bits per heavy atom. The van der Waals surface area contributed by atoms with Crippen LogP contribution < -0.4 is 15.6 Å². The molecule has 0 unspecified atom stereocenters. The Balaban J connectivity index is 1.68. The summed E-state index contributed by atoms with van der Waals surface area (Å²) in [5.41, 5.74) is 5.28. The van der Waals surface area contributed by atoms with Crippen LogP contribution in [0.3, 0.4) is 0 Å². The molecule has 0 aliphatic heterocycles. The normalized spacial score (nSPS) is 11.0. The smallest absolute Gasteiger partial charge is 0.273 e. The monoisotopic (exact) mass is 491 g/mol. The molecule has 10 heteroatoms. The van der Waals surface area contributed by atoms with Crippen LogP contribution in [0.5, 0.6) is 0 Å². The first-order chi connectivity index (χ1) is 14.2. The third kappa shape index (κ3) is 5.08. The third-order valence-corrected chi connectivity index (χ3v) is 6.00. The van der Waals surface area contributed by atoms with Gasteiger partial charge in [0.2, 0.25) is 0 Å². The number of hydrazine groups is 1.